The molecule has 234 valence electrons. The van der Waals surface area contributed by atoms with Gasteiger partial charge in [0.15, 0.2) is 0 Å². The molecule has 0 heterocycles. The molecule has 2 heteroatoms. The van der Waals surface area contributed by atoms with Crippen LogP contribution >= 0.6 is 0 Å². The molecule has 2 aliphatic rings. The third-order valence-corrected chi connectivity index (χ3v) is 8.87. The molecule has 7 rings (SSSR count). The predicted octanol–water partition coefficient (Wildman–Crippen LogP) is 12.6. The highest BCUT2D eigenvalue weighted by molar-refractivity contribution is 5.70. The van der Waals surface area contributed by atoms with Crippen LogP contribution in [0.15, 0.2) is 205 Å². The van der Waals surface area contributed by atoms with Gasteiger partial charge in [-0.15, -0.1) is 0 Å². The average Bonchev–Trinajstić information content (AvgIpc) is 3.17. The minimum atomic E-state index is 0.993. The quantitative estimate of drug-likeness (QED) is 0.153. The Hall–Kier alpha value is -5.86. The van der Waals surface area contributed by atoms with Gasteiger partial charge in [0.2, 0.25) is 0 Å². The molecule has 2 aliphatic carbocycles. The first-order chi connectivity index (χ1) is 23.8. The van der Waals surface area contributed by atoms with Gasteiger partial charge in [-0.05, 0) is 109 Å². The minimum Gasteiger partial charge on any atom is -0.314 e. The minimum absolute atomic E-state index is 0.993. The van der Waals surface area contributed by atoms with Gasteiger partial charge in [-0.2, -0.15) is 0 Å². The van der Waals surface area contributed by atoms with Gasteiger partial charge < -0.3 is 9.80 Å². The Labute approximate surface area is 285 Å². The molecular formula is C46H40N2. The first kappa shape index (κ1) is 30.8. The maximum atomic E-state index is 2.37. The van der Waals surface area contributed by atoms with E-state index in [-0.39, 0.29) is 0 Å². The molecule has 0 unspecified atom stereocenters. The monoisotopic (exact) mass is 620 g/mol. The van der Waals surface area contributed by atoms with E-state index >= 15 is 0 Å². The van der Waals surface area contributed by atoms with E-state index in [4.69, 9.17) is 0 Å². The summed E-state index contributed by atoms with van der Waals surface area (Å²) in [7, 11) is 0. The molecule has 0 bridgehead atoms. The van der Waals surface area contributed by atoms with Gasteiger partial charge in [-0.25, -0.2) is 0 Å². The van der Waals surface area contributed by atoms with E-state index in [1.54, 1.807) is 0 Å². The van der Waals surface area contributed by atoms with E-state index in [9.17, 15) is 0 Å². The number of hydrogen-bond donors (Lipinski definition) is 0. The van der Waals surface area contributed by atoms with Crippen LogP contribution in [-0.2, 0) is 0 Å². The van der Waals surface area contributed by atoms with E-state index in [2.05, 4.69) is 204 Å². The molecule has 0 aromatic heterocycles. The van der Waals surface area contributed by atoms with Crippen molar-refractivity contribution in [3.05, 3.63) is 216 Å². The van der Waals surface area contributed by atoms with E-state index in [0.717, 1.165) is 25.7 Å². The average molecular weight is 621 g/mol. The van der Waals surface area contributed by atoms with Crippen LogP contribution in [0.5, 0.6) is 0 Å². The normalized spacial score (nSPS) is 14.7. The Morgan fingerprint density at radius 3 is 0.896 bits per heavy atom. The van der Waals surface area contributed by atoms with Gasteiger partial charge >= 0.3 is 0 Å². The lowest BCUT2D eigenvalue weighted by atomic mass is 9.99. The first-order valence-corrected chi connectivity index (χ1v) is 16.9. The summed E-state index contributed by atoms with van der Waals surface area (Å²) in [6.45, 7) is 0. The molecule has 5 aromatic rings. The summed E-state index contributed by atoms with van der Waals surface area (Å²) in [5.74, 6) is 0. The maximum Gasteiger partial charge on any atom is 0.0458 e. The van der Waals surface area contributed by atoms with E-state index in [0.29, 0.717) is 0 Å². The number of nitrogens with zero attached hydrogens (tertiary/aromatic N) is 2. The van der Waals surface area contributed by atoms with Crippen LogP contribution in [0.2, 0.25) is 0 Å². The SMILES string of the molecule is C1=C(/C=C/c2ccc(/C=C/C3=CC=C(N(c4ccccc4)c4ccccc4)CC3)cc2)CCC(N(c2ccccc2)c2ccccc2)=C1. The zero-order chi connectivity index (χ0) is 32.4. The van der Waals surface area contributed by atoms with Crippen molar-refractivity contribution >= 4 is 34.9 Å². The summed E-state index contributed by atoms with van der Waals surface area (Å²) in [4.78, 5) is 4.73. The second-order valence-corrected chi connectivity index (χ2v) is 12.1. The number of rotatable bonds is 10. The highest BCUT2D eigenvalue weighted by Gasteiger charge is 2.17. The summed E-state index contributed by atoms with van der Waals surface area (Å²) in [6.07, 6.45) is 22.1. The molecule has 0 amide bonds. The maximum absolute atomic E-state index is 2.37. The standard InChI is InChI=1S/C46H40N2/c1-5-13-41(14-6-1)47(42-15-7-2-8-16-42)45-33-29-39(30-34-45)27-25-37-21-23-38(24-22-37)26-28-40-31-35-46(36-32-40)48(43-17-9-3-10-18-43)44-19-11-4-12-20-44/h1-29,31,33,35H,30,32,34,36H2/b27-25+,28-26+. The van der Waals surface area contributed by atoms with Crippen molar-refractivity contribution < 1.29 is 0 Å². The molecule has 2 nitrogen and oxygen atoms in total. The van der Waals surface area contributed by atoms with Crippen molar-refractivity contribution in [1.29, 1.82) is 0 Å². The van der Waals surface area contributed by atoms with Crippen LogP contribution < -0.4 is 9.80 Å². The van der Waals surface area contributed by atoms with Crippen LogP contribution in [-0.4, -0.2) is 0 Å². The second kappa shape index (κ2) is 15.2. The molecule has 0 fully saturated rings. The highest BCUT2D eigenvalue weighted by Crippen LogP contribution is 2.35. The number of hydrogen-bond acceptors (Lipinski definition) is 2. The largest absolute Gasteiger partial charge is 0.314 e. The summed E-state index contributed by atoms with van der Waals surface area (Å²) in [5, 5.41) is 0. The van der Waals surface area contributed by atoms with Crippen LogP contribution in [0.25, 0.3) is 12.2 Å². The number of benzene rings is 5. The van der Waals surface area contributed by atoms with Crippen molar-refractivity contribution in [2.24, 2.45) is 0 Å². The van der Waals surface area contributed by atoms with Crippen molar-refractivity contribution in [2.45, 2.75) is 25.7 Å². The Kier molecular flexibility index (Phi) is 9.72. The van der Waals surface area contributed by atoms with Crippen LogP contribution in [0.1, 0.15) is 36.8 Å². The van der Waals surface area contributed by atoms with Crippen LogP contribution in [0.3, 0.4) is 0 Å². The highest BCUT2D eigenvalue weighted by atomic mass is 15.2. The zero-order valence-electron chi connectivity index (χ0n) is 27.2. The Bertz CT molecular complexity index is 1750. The lowest BCUT2D eigenvalue weighted by Crippen LogP contribution is -2.17. The molecular weight excluding hydrogens is 581 g/mol. The molecule has 48 heavy (non-hydrogen) atoms. The Balaban J connectivity index is 1.00. The van der Waals surface area contributed by atoms with Gasteiger partial charge in [0.05, 0.1) is 0 Å². The summed E-state index contributed by atoms with van der Waals surface area (Å²) in [5.41, 5.74) is 12.5. The molecule has 0 atom stereocenters. The third-order valence-electron chi connectivity index (χ3n) is 8.87. The predicted molar refractivity (Wildman–Crippen MR) is 205 cm³/mol. The number of allylic oxidation sites excluding steroid dienone is 10. The van der Waals surface area contributed by atoms with Crippen LogP contribution in [0.4, 0.5) is 22.7 Å². The molecule has 0 saturated heterocycles. The van der Waals surface area contributed by atoms with Crippen molar-refractivity contribution in [3.63, 3.8) is 0 Å². The summed E-state index contributed by atoms with van der Waals surface area (Å²) < 4.78 is 0. The van der Waals surface area contributed by atoms with Gasteiger partial charge in [0.1, 0.15) is 0 Å². The van der Waals surface area contributed by atoms with E-state index in [1.807, 2.05) is 0 Å². The molecule has 5 aromatic carbocycles. The number of anilines is 4. The molecule has 0 saturated carbocycles. The first-order valence-electron chi connectivity index (χ1n) is 16.9. The van der Waals surface area contributed by atoms with Gasteiger partial charge in [-0.3, -0.25) is 0 Å². The zero-order valence-corrected chi connectivity index (χ0v) is 27.2. The second-order valence-electron chi connectivity index (χ2n) is 12.1. The molecule has 0 radical (unpaired) electrons. The van der Waals surface area contributed by atoms with E-state index in [1.165, 1.54) is 56.4 Å². The van der Waals surface area contributed by atoms with Gasteiger partial charge in [0, 0.05) is 34.1 Å². The van der Waals surface area contributed by atoms with E-state index < -0.39 is 0 Å². The number of para-hydroxylation sites is 4. The third kappa shape index (κ3) is 7.57. The summed E-state index contributed by atoms with van der Waals surface area (Å²) in [6, 6.07) is 51.4. The fourth-order valence-electron chi connectivity index (χ4n) is 6.33. The van der Waals surface area contributed by atoms with Crippen molar-refractivity contribution in [1.82, 2.24) is 0 Å². The molecule has 0 spiro atoms. The fourth-order valence-corrected chi connectivity index (χ4v) is 6.33. The lowest BCUT2D eigenvalue weighted by molar-refractivity contribution is 0.892. The molecule has 0 N–H and O–H groups in total. The lowest BCUT2D eigenvalue weighted by Gasteiger charge is -2.29. The van der Waals surface area contributed by atoms with Gasteiger partial charge in [0.25, 0.3) is 0 Å². The molecule has 0 aliphatic heterocycles. The Morgan fingerprint density at radius 2 is 0.625 bits per heavy atom. The Morgan fingerprint density at radius 1 is 0.312 bits per heavy atom. The van der Waals surface area contributed by atoms with Crippen molar-refractivity contribution in [3.8, 4) is 0 Å². The van der Waals surface area contributed by atoms with Crippen LogP contribution in [0, 0.1) is 0 Å². The van der Waals surface area contributed by atoms with Gasteiger partial charge in [-0.1, -0.05) is 134 Å². The summed E-state index contributed by atoms with van der Waals surface area (Å²) >= 11 is 0. The smallest absolute Gasteiger partial charge is 0.0458 e. The fraction of sp³-hybridized carbons (Fsp3) is 0.0870. The topological polar surface area (TPSA) is 6.48 Å². The van der Waals surface area contributed by atoms with Crippen molar-refractivity contribution in [2.75, 3.05) is 9.80 Å².